The molecule has 0 spiro atoms. The van der Waals surface area contributed by atoms with Crippen molar-refractivity contribution in [2.24, 2.45) is 0 Å². The normalized spacial score (nSPS) is 10.1. The van der Waals surface area contributed by atoms with Crippen LogP contribution in [-0.4, -0.2) is 10.9 Å². The van der Waals surface area contributed by atoms with Gasteiger partial charge >= 0.3 is 0 Å². The summed E-state index contributed by atoms with van der Waals surface area (Å²) >= 11 is 11.5. The highest BCUT2D eigenvalue weighted by Gasteiger charge is 2.15. The number of ketones is 1. The first-order chi connectivity index (χ1) is 6.07. The minimum absolute atomic E-state index is 0.0272. The third-order valence-electron chi connectivity index (χ3n) is 1.67. The number of rotatable bonds is 2. The van der Waals surface area contributed by atoms with Crippen molar-refractivity contribution in [1.29, 1.82) is 0 Å². The van der Waals surface area contributed by atoms with Gasteiger partial charge in [0.25, 0.3) is 0 Å². The largest absolute Gasteiger partial charge is 0.506 e. The second kappa shape index (κ2) is 3.99. The number of carbonyl (C=O) groups excluding carboxylic acids is 1. The number of hydrogen-bond donors (Lipinski definition) is 1. The van der Waals surface area contributed by atoms with E-state index in [4.69, 9.17) is 23.2 Å². The van der Waals surface area contributed by atoms with Crippen molar-refractivity contribution in [3.63, 3.8) is 0 Å². The number of halogens is 2. The molecule has 1 rings (SSSR count). The van der Waals surface area contributed by atoms with E-state index in [1.165, 1.54) is 12.1 Å². The summed E-state index contributed by atoms with van der Waals surface area (Å²) in [5.74, 6) is -0.297. The molecule has 0 aliphatic heterocycles. The topological polar surface area (TPSA) is 37.3 Å². The summed E-state index contributed by atoms with van der Waals surface area (Å²) in [4.78, 5) is 11.3. The van der Waals surface area contributed by atoms with Crippen LogP contribution in [0.15, 0.2) is 12.1 Å². The number of aromatic hydroxyl groups is 1. The number of Topliss-reactive ketones (excluding diaryl/α,β-unsaturated/α-hetero) is 1. The van der Waals surface area contributed by atoms with Gasteiger partial charge in [0.15, 0.2) is 5.78 Å². The third-order valence-corrected chi connectivity index (χ3v) is 2.37. The standard InChI is InChI=1S/C9H8Cl2O2/c1-2-6(12)8-5(10)3-4-7(13)9(8)11/h3-4,13H,2H2,1H3. The van der Waals surface area contributed by atoms with Crippen LogP contribution >= 0.6 is 23.2 Å². The highest BCUT2D eigenvalue weighted by atomic mass is 35.5. The van der Waals surface area contributed by atoms with E-state index in [1.54, 1.807) is 6.92 Å². The summed E-state index contributed by atoms with van der Waals surface area (Å²) < 4.78 is 0. The van der Waals surface area contributed by atoms with Crippen LogP contribution in [0.4, 0.5) is 0 Å². The summed E-state index contributed by atoms with van der Waals surface area (Å²) in [5.41, 5.74) is 0.200. The van der Waals surface area contributed by atoms with E-state index < -0.39 is 0 Å². The number of phenolic OH excluding ortho intramolecular Hbond substituents is 1. The van der Waals surface area contributed by atoms with Crippen LogP contribution in [0, 0.1) is 0 Å². The lowest BCUT2D eigenvalue weighted by molar-refractivity contribution is 0.0988. The molecule has 70 valence electrons. The average molecular weight is 219 g/mol. The van der Waals surface area contributed by atoms with Crippen LogP contribution in [-0.2, 0) is 0 Å². The van der Waals surface area contributed by atoms with E-state index in [9.17, 15) is 9.90 Å². The predicted octanol–water partition coefficient (Wildman–Crippen LogP) is 3.29. The second-order valence-corrected chi connectivity index (χ2v) is 3.32. The van der Waals surface area contributed by atoms with Gasteiger partial charge in [-0.3, -0.25) is 4.79 Å². The van der Waals surface area contributed by atoms with Crippen molar-refractivity contribution in [2.75, 3.05) is 0 Å². The van der Waals surface area contributed by atoms with Crippen LogP contribution in [0.5, 0.6) is 5.75 Å². The maximum atomic E-state index is 11.3. The smallest absolute Gasteiger partial charge is 0.165 e. The van der Waals surface area contributed by atoms with Crippen LogP contribution < -0.4 is 0 Å². The van der Waals surface area contributed by atoms with Gasteiger partial charge in [-0.1, -0.05) is 30.1 Å². The van der Waals surface area contributed by atoms with Gasteiger partial charge in [0.1, 0.15) is 5.75 Å². The lowest BCUT2D eigenvalue weighted by Gasteiger charge is -2.05. The Kier molecular flexibility index (Phi) is 3.17. The predicted molar refractivity (Wildman–Crippen MR) is 52.7 cm³/mol. The van der Waals surface area contributed by atoms with Gasteiger partial charge in [-0.05, 0) is 12.1 Å². The first kappa shape index (κ1) is 10.4. The summed E-state index contributed by atoms with van der Waals surface area (Å²) in [6.07, 6.45) is 0.308. The Balaban J connectivity index is 3.33. The number of phenols is 1. The fraction of sp³-hybridized carbons (Fsp3) is 0.222. The Morgan fingerprint density at radius 1 is 1.46 bits per heavy atom. The first-order valence-corrected chi connectivity index (χ1v) is 4.53. The molecule has 1 aromatic rings. The summed E-state index contributed by atoms with van der Waals surface area (Å²) in [7, 11) is 0. The van der Waals surface area contributed by atoms with E-state index in [0.29, 0.717) is 6.42 Å². The molecular weight excluding hydrogens is 211 g/mol. The molecule has 0 aliphatic rings. The van der Waals surface area contributed by atoms with Gasteiger partial charge in [-0.15, -0.1) is 0 Å². The maximum absolute atomic E-state index is 11.3. The third kappa shape index (κ3) is 1.95. The highest BCUT2D eigenvalue weighted by Crippen LogP contribution is 2.33. The minimum Gasteiger partial charge on any atom is -0.506 e. The molecule has 1 N–H and O–H groups in total. The van der Waals surface area contributed by atoms with Crippen molar-refractivity contribution in [2.45, 2.75) is 13.3 Å². The molecule has 0 heterocycles. The summed E-state index contributed by atoms with van der Waals surface area (Å²) in [6, 6.07) is 2.81. The number of benzene rings is 1. The Bertz CT molecular complexity index is 348. The molecule has 0 saturated carbocycles. The maximum Gasteiger partial charge on any atom is 0.165 e. The van der Waals surface area contributed by atoms with Crippen LogP contribution in [0.1, 0.15) is 23.7 Å². The van der Waals surface area contributed by atoms with Crippen LogP contribution in [0.2, 0.25) is 10.0 Å². The number of carbonyl (C=O) groups is 1. The van der Waals surface area contributed by atoms with E-state index in [1.807, 2.05) is 0 Å². The van der Waals surface area contributed by atoms with Crippen molar-refractivity contribution in [1.82, 2.24) is 0 Å². The average Bonchev–Trinajstić information content (AvgIpc) is 2.12. The molecular formula is C9H8Cl2O2. The molecule has 2 nitrogen and oxygen atoms in total. The van der Waals surface area contributed by atoms with Gasteiger partial charge in [-0.2, -0.15) is 0 Å². The SMILES string of the molecule is CCC(=O)c1c(Cl)ccc(O)c1Cl. The zero-order valence-electron chi connectivity index (χ0n) is 6.97. The van der Waals surface area contributed by atoms with Crippen LogP contribution in [0.3, 0.4) is 0 Å². The molecule has 1 aromatic carbocycles. The Morgan fingerprint density at radius 3 is 2.62 bits per heavy atom. The van der Waals surface area contributed by atoms with Crippen LogP contribution in [0.25, 0.3) is 0 Å². The molecule has 0 atom stereocenters. The molecule has 0 fully saturated rings. The molecule has 13 heavy (non-hydrogen) atoms. The van der Waals surface area contributed by atoms with Crippen molar-refractivity contribution in [3.05, 3.63) is 27.7 Å². The lowest BCUT2D eigenvalue weighted by atomic mass is 10.1. The van der Waals surface area contributed by atoms with Crippen molar-refractivity contribution in [3.8, 4) is 5.75 Å². The molecule has 0 unspecified atom stereocenters. The molecule has 0 amide bonds. The Morgan fingerprint density at radius 2 is 2.08 bits per heavy atom. The Labute approximate surface area is 86.1 Å². The fourth-order valence-corrected chi connectivity index (χ4v) is 1.56. The fourth-order valence-electron chi connectivity index (χ4n) is 0.974. The monoisotopic (exact) mass is 218 g/mol. The van der Waals surface area contributed by atoms with Gasteiger partial charge in [0.05, 0.1) is 15.6 Å². The van der Waals surface area contributed by atoms with Crippen molar-refractivity contribution >= 4 is 29.0 Å². The minimum atomic E-state index is -0.175. The van der Waals surface area contributed by atoms with E-state index in [2.05, 4.69) is 0 Å². The van der Waals surface area contributed by atoms with E-state index in [-0.39, 0.29) is 27.1 Å². The molecule has 0 saturated heterocycles. The second-order valence-electron chi connectivity index (χ2n) is 2.53. The Hall–Kier alpha value is -0.730. The lowest BCUT2D eigenvalue weighted by Crippen LogP contribution is -1.98. The van der Waals surface area contributed by atoms with E-state index in [0.717, 1.165) is 0 Å². The van der Waals surface area contributed by atoms with Gasteiger partial charge in [0, 0.05) is 6.42 Å². The highest BCUT2D eigenvalue weighted by molar-refractivity contribution is 6.40. The molecule has 0 aromatic heterocycles. The zero-order valence-corrected chi connectivity index (χ0v) is 8.49. The molecule has 4 heteroatoms. The summed E-state index contributed by atoms with van der Waals surface area (Å²) in [6.45, 7) is 1.71. The van der Waals surface area contributed by atoms with E-state index >= 15 is 0 Å². The zero-order chi connectivity index (χ0) is 10.0. The van der Waals surface area contributed by atoms with Crippen molar-refractivity contribution < 1.29 is 9.90 Å². The van der Waals surface area contributed by atoms with Gasteiger partial charge in [0.2, 0.25) is 0 Å². The quantitative estimate of drug-likeness (QED) is 0.774. The summed E-state index contributed by atoms with van der Waals surface area (Å²) in [5, 5.41) is 9.53. The van der Waals surface area contributed by atoms with Gasteiger partial charge in [-0.25, -0.2) is 0 Å². The first-order valence-electron chi connectivity index (χ1n) is 3.78. The molecule has 0 bridgehead atoms. The molecule has 0 radical (unpaired) electrons. The number of hydrogen-bond acceptors (Lipinski definition) is 2. The molecule has 0 aliphatic carbocycles. The van der Waals surface area contributed by atoms with Gasteiger partial charge < -0.3 is 5.11 Å².